The Morgan fingerprint density at radius 1 is 0.892 bits per heavy atom. The van der Waals surface area contributed by atoms with Gasteiger partial charge in [-0.05, 0) is 66.2 Å². The SMILES string of the molecule is COc1ccc(C(=O)NCc2nnc(SCc3ccc(C(F)(F)F)cc3)n2-c2ccc(OC)cc2)cc1. The molecule has 11 heteroatoms. The number of halogens is 3. The summed E-state index contributed by atoms with van der Waals surface area (Å²) in [6, 6.07) is 19.0. The van der Waals surface area contributed by atoms with Crippen molar-refractivity contribution in [1.82, 2.24) is 20.1 Å². The highest BCUT2D eigenvalue weighted by Gasteiger charge is 2.30. The van der Waals surface area contributed by atoms with Crippen LogP contribution in [0.5, 0.6) is 11.5 Å². The van der Waals surface area contributed by atoms with Crippen molar-refractivity contribution in [2.45, 2.75) is 23.6 Å². The fourth-order valence-corrected chi connectivity index (χ4v) is 4.37. The molecule has 1 N–H and O–H groups in total. The minimum absolute atomic E-state index is 0.102. The first-order chi connectivity index (χ1) is 17.8. The van der Waals surface area contributed by atoms with Gasteiger partial charge >= 0.3 is 6.18 Å². The number of carbonyl (C=O) groups is 1. The average molecular weight is 529 g/mol. The molecule has 0 aliphatic heterocycles. The molecule has 0 saturated heterocycles. The van der Waals surface area contributed by atoms with Crippen LogP contribution in [-0.4, -0.2) is 34.9 Å². The number of hydrogen-bond donors (Lipinski definition) is 1. The summed E-state index contributed by atoms with van der Waals surface area (Å²) in [7, 11) is 3.12. The molecule has 0 spiro atoms. The monoisotopic (exact) mass is 528 g/mol. The molecule has 37 heavy (non-hydrogen) atoms. The third-order valence-electron chi connectivity index (χ3n) is 5.44. The van der Waals surface area contributed by atoms with E-state index in [1.807, 2.05) is 12.1 Å². The maximum Gasteiger partial charge on any atom is 0.416 e. The van der Waals surface area contributed by atoms with Crippen LogP contribution >= 0.6 is 11.8 Å². The van der Waals surface area contributed by atoms with Gasteiger partial charge in [0.1, 0.15) is 11.5 Å². The second kappa shape index (κ2) is 11.4. The smallest absolute Gasteiger partial charge is 0.416 e. The number of rotatable bonds is 9. The van der Waals surface area contributed by atoms with E-state index in [2.05, 4.69) is 15.5 Å². The molecular formula is C26H23F3N4O3S. The van der Waals surface area contributed by atoms with E-state index in [1.165, 1.54) is 23.9 Å². The van der Waals surface area contributed by atoms with Crippen LogP contribution in [0.2, 0.25) is 0 Å². The van der Waals surface area contributed by atoms with E-state index in [1.54, 1.807) is 55.2 Å². The summed E-state index contributed by atoms with van der Waals surface area (Å²) in [5.74, 6) is 1.90. The van der Waals surface area contributed by atoms with Gasteiger partial charge in [-0.25, -0.2) is 0 Å². The van der Waals surface area contributed by atoms with Crippen molar-refractivity contribution in [3.05, 3.63) is 95.3 Å². The van der Waals surface area contributed by atoms with Crippen molar-refractivity contribution in [1.29, 1.82) is 0 Å². The zero-order chi connectivity index (χ0) is 26.4. The van der Waals surface area contributed by atoms with Crippen LogP contribution in [-0.2, 0) is 18.5 Å². The summed E-state index contributed by atoms with van der Waals surface area (Å²) in [5.41, 5.74) is 1.22. The lowest BCUT2D eigenvalue weighted by Crippen LogP contribution is -2.24. The quantitative estimate of drug-likeness (QED) is 0.288. The Morgan fingerprint density at radius 2 is 1.49 bits per heavy atom. The molecule has 0 unspecified atom stereocenters. The highest BCUT2D eigenvalue weighted by molar-refractivity contribution is 7.98. The van der Waals surface area contributed by atoms with Gasteiger partial charge in [-0.2, -0.15) is 13.2 Å². The van der Waals surface area contributed by atoms with Crippen molar-refractivity contribution in [3.63, 3.8) is 0 Å². The Kier molecular flexibility index (Phi) is 8.02. The summed E-state index contributed by atoms with van der Waals surface area (Å²) in [6.45, 7) is 0.102. The third-order valence-corrected chi connectivity index (χ3v) is 6.44. The first kappa shape index (κ1) is 26.1. The molecule has 0 aliphatic rings. The molecule has 4 rings (SSSR count). The van der Waals surface area contributed by atoms with Crippen molar-refractivity contribution >= 4 is 17.7 Å². The van der Waals surface area contributed by atoms with E-state index >= 15 is 0 Å². The summed E-state index contributed by atoms with van der Waals surface area (Å²) in [6.07, 6.45) is -4.38. The maximum atomic E-state index is 12.9. The molecule has 0 atom stereocenters. The Bertz CT molecular complexity index is 1340. The van der Waals surface area contributed by atoms with E-state index in [4.69, 9.17) is 9.47 Å². The average Bonchev–Trinajstić information content (AvgIpc) is 3.33. The van der Waals surface area contributed by atoms with Gasteiger partial charge in [-0.3, -0.25) is 9.36 Å². The molecule has 0 fully saturated rings. The normalized spacial score (nSPS) is 11.3. The van der Waals surface area contributed by atoms with Gasteiger partial charge in [0.15, 0.2) is 11.0 Å². The molecule has 4 aromatic rings. The number of hydrogen-bond acceptors (Lipinski definition) is 6. The highest BCUT2D eigenvalue weighted by atomic mass is 32.2. The van der Waals surface area contributed by atoms with Crippen LogP contribution in [0.15, 0.2) is 78.0 Å². The Balaban J connectivity index is 1.54. The van der Waals surface area contributed by atoms with Crippen LogP contribution < -0.4 is 14.8 Å². The fraction of sp³-hybridized carbons (Fsp3) is 0.192. The lowest BCUT2D eigenvalue weighted by Gasteiger charge is -2.12. The summed E-state index contributed by atoms with van der Waals surface area (Å²) in [5, 5.41) is 11.9. The van der Waals surface area contributed by atoms with E-state index in [0.717, 1.165) is 17.8 Å². The fourth-order valence-electron chi connectivity index (χ4n) is 3.44. The van der Waals surface area contributed by atoms with E-state index < -0.39 is 11.7 Å². The second-order valence-electron chi connectivity index (χ2n) is 7.83. The number of alkyl halides is 3. The second-order valence-corrected chi connectivity index (χ2v) is 8.77. The summed E-state index contributed by atoms with van der Waals surface area (Å²) in [4.78, 5) is 12.7. The Morgan fingerprint density at radius 3 is 2.05 bits per heavy atom. The number of ether oxygens (including phenoxy) is 2. The number of benzene rings is 3. The van der Waals surface area contributed by atoms with Crippen LogP contribution in [0.1, 0.15) is 27.3 Å². The molecule has 0 bridgehead atoms. The minimum atomic E-state index is -4.38. The lowest BCUT2D eigenvalue weighted by atomic mass is 10.1. The predicted molar refractivity (Wildman–Crippen MR) is 133 cm³/mol. The zero-order valence-electron chi connectivity index (χ0n) is 20.0. The summed E-state index contributed by atoms with van der Waals surface area (Å²) < 4.78 is 50.8. The zero-order valence-corrected chi connectivity index (χ0v) is 20.8. The molecule has 192 valence electrons. The molecule has 1 heterocycles. The largest absolute Gasteiger partial charge is 0.497 e. The number of methoxy groups -OCH3 is 2. The Labute approximate surface area is 215 Å². The van der Waals surface area contributed by atoms with Crippen molar-refractivity contribution in [2.24, 2.45) is 0 Å². The van der Waals surface area contributed by atoms with Crippen molar-refractivity contribution in [3.8, 4) is 17.2 Å². The number of nitrogens with one attached hydrogen (secondary N) is 1. The van der Waals surface area contributed by atoms with Gasteiger partial charge < -0.3 is 14.8 Å². The number of amides is 1. The van der Waals surface area contributed by atoms with Crippen LogP contribution in [0.3, 0.4) is 0 Å². The highest BCUT2D eigenvalue weighted by Crippen LogP contribution is 2.31. The van der Waals surface area contributed by atoms with Crippen molar-refractivity contribution < 1.29 is 27.4 Å². The van der Waals surface area contributed by atoms with Gasteiger partial charge in [0, 0.05) is 17.0 Å². The molecule has 0 aliphatic carbocycles. The van der Waals surface area contributed by atoms with Gasteiger partial charge in [0.25, 0.3) is 5.91 Å². The molecular weight excluding hydrogens is 505 g/mol. The Hall–Kier alpha value is -3.99. The lowest BCUT2D eigenvalue weighted by molar-refractivity contribution is -0.137. The number of carbonyl (C=O) groups excluding carboxylic acids is 1. The number of aromatic nitrogens is 3. The summed E-state index contributed by atoms with van der Waals surface area (Å²) >= 11 is 1.32. The van der Waals surface area contributed by atoms with Gasteiger partial charge in [-0.15, -0.1) is 10.2 Å². The van der Waals surface area contributed by atoms with Gasteiger partial charge in [0.05, 0.1) is 26.3 Å². The van der Waals surface area contributed by atoms with Crippen LogP contribution in [0.25, 0.3) is 5.69 Å². The van der Waals surface area contributed by atoms with E-state index in [0.29, 0.717) is 39.4 Å². The van der Waals surface area contributed by atoms with E-state index in [9.17, 15) is 18.0 Å². The van der Waals surface area contributed by atoms with Crippen LogP contribution in [0.4, 0.5) is 13.2 Å². The minimum Gasteiger partial charge on any atom is -0.497 e. The van der Waals surface area contributed by atoms with Crippen LogP contribution in [0, 0.1) is 0 Å². The van der Waals surface area contributed by atoms with E-state index in [-0.39, 0.29) is 12.5 Å². The topological polar surface area (TPSA) is 78.3 Å². The van der Waals surface area contributed by atoms with Gasteiger partial charge in [-0.1, -0.05) is 23.9 Å². The molecule has 0 saturated carbocycles. The molecule has 1 aromatic heterocycles. The first-order valence-corrected chi connectivity index (χ1v) is 12.1. The number of nitrogens with zero attached hydrogens (tertiary/aromatic N) is 3. The maximum absolute atomic E-state index is 12.9. The van der Waals surface area contributed by atoms with Gasteiger partial charge in [0.2, 0.25) is 0 Å². The molecule has 7 nitrogen and oxygen atoms in total. The standard InChI is InChI=1S/C26H23F3N4O3S/c1-35-21-11-5-18(6-12-21)24(34)30-15-23-31-32-25(33(23)20-9-13-22(36-2)14-10-20)37-16-17-3-7-19(8-4-17)26(27,28)29/h3-14H,15-16H2,1-2H3,(H,30,34). The third kappa shape index (κ3) is 6.42. The molecule has 3 aromatic carbocycles. The number of thioether (sulfide) groups is 1. The first-order valence-electron chi connectivity index (χ1n) is 11.1. The molecule has 0 radical (unpaired) electrons. The molecule has 1 amide bonds. The predicted octanol–water partition coefficient (Wildman–Crippen LogP) is 5.53. The van der Waals surface area contributed by atoms with Crippen molar-refractivity contribution in [2.75, 3.05) is 14.2 Å².